The van der Waals surface area contributed by atoms with Crippen molar-refractivity contribution in [1.29, 1.82) is 0 Å². The Balaban J connectivity index is 1.46. The van der Waals surface area contributed by atoms with Crippen molar-refractivity contribution in [2.24, 2.45) is 5.92 Å². The van der Waals surface area contributed by atoms with E-state index in [0.717, 1.165) is 37.4 Å². The molecule has 0 saturated carbocycles. The van der Waals surface area contributed by atoms with Crippen LogP contribution in [0.5, 0.6) is 11.5 Å². The Morgan fingerprint density at radius 3 is 2.88 bits per heavy atom. The molecule has 0 unspecified atom stereocenters. The number of nitrogens with zero attached hydrogens (tertiary/aromatic N) is 4. The summed E-state index contributed by atoms with van der Waals surface area (Å²) < 4.78 is 12.9. The molecule has 25 heavy (non-hydrogen) atoms. The maximum absolute atomic E-state index is 12.4. The summed E-state index contributed by atoms with van der Waals surface area (Å²) >= 11 is 0. The third-order valence-electron chi connectivity index (χ3n) is 4.45. The lowest BCUT2D eigenvalue weighted by molar-refractivity contribution is -0.133. The Morgan fingerprint density at radius 2 is 2.08 bits per heavy atom. The second-order valence-electron chi connectivity index (χ2n) is 6.29. The predicted octanol–water partition coefficient (Wildman–Crippen LogP) is 1.99. The normalized spacial score (nSPS) is 17.3. The number of rotatable bonds is 7. The van der Waals surface area contributed by atoms with Crippen LogP contribution in [-0.2, 0) is 11.3 Å². The maximum atomic E-state index is 12.4. The Morgan fingerprint density at radius 1 is 1.28 bits per heavy atom. The highest BCUT2D eigenvalue weighted by molar-refractivity contribution is 5.76. The van der Waals surface area contributed by atoms with Crippen LogP contribution in [0.25, 0.3) is 0 Å². The van der Waals surface area contributed by atoms with E-state index < -0.39 is 0 Å². The average Bonchev–Trinajstić information content (AvgIpc) is 3.18. The molecule has 1 amide bonds. The van der Waals surface area contributed by atoms with Crippen molar-refractivity contribution in [1.82, 2.24) is 19.7 Å². The van der Waals surface area contributed by atoms with Crippen molar-refractivity contribution in [2.45, 2.75) is 25.8 Å². The van der Waals surface area contributed by atoms with Gasteiger partial charge in [0.05, 0.1) is 13.7 Å². The number of carbonyl (C=O) groups excluding carboxylic acids is 1. The third-order valence-corrected chi connectivity index (χ3v) is 4.45. The number of carbonyl (C=O) groups is 1. The quantitative estimate of drug-likeness (QED) is 0.768. The first-order chi connectivity index (χ1) is 12.2. The molecule has 0 radical (unpaired) electrons. The summed E-state index contributed by atoms with van der Waals surface area (Å²) in [6.07, 6.45) is 5.84. The SMILES string of the molecule is COc1cccc(OC[C@H]2CCCN(C(=O)CCn3cnnc3)C2)c1. The zero-order valence-electron chi connectivity index (χ0n) is 14.5. The number of amides is 1. The largest absolute Gasteiger partial charge is 0.497 e. The average molecular weight is 344 g/mol. The molecule has 1 aliphatic rings. The molecule has 0 bridgehead atoms. The highest BCUT2D eigenvalue weighted by atomic mass is 16.5. The number of ether oxygens (including phenoxy) is 2. The zero-order chi connectivity index (χ0) is 17.5. The number of hydrogen-bond donors (Lipinski definition) is 0. The molecule has 2 aromatic rings. The first kappa shape index (κ1) is 17.3. The Hall–Kier alpha value is -2.57. The van der Waals surface area contributed by atoms with Crippen molar-refractivity contribution in [3.8, 4) is 11.5 Å². The Kier molecular flexibility index (Phi) is 5.87. The van der Waals surface area contributed by atoms with Crippen molar-refractivity contribution in [3.05, 3.63) is 36.9 Å². The van der Waals surface area contributed by atoms with Gasteiger partial charge in [0.15, 0.2) is 0 Å². The molecule has 1 atom stereocenters. The lowest BCUT2D eigenvalue weighted by atomic mass is 9.98. The van der Waals surface area contributed by atoms with Gasteiger partial charge in [-0.15, -0.1) is 10.2 Å². The zero-order valence-corrected chi connectivity index (χ0v) is 14.5. The maximum Gasteiger partial charge on any atom is 0.224 e. The molecule has 2 heterocycles. The Bertz CT molecular complexity index is 675. The van der Waals surface area contributed by atoms with E-state index in [1.54, 1.807) is 19.8 Å². The van der Waals surface area contributed by atoms with Crippen LogP contribution < -0.4 is 9.47 Å². The van der Waals surface area contributed by atoms with E-state index in [4.69, 9.17) is 9.47 Å². The molecule has 0 aliphatic carbocycles. The predicted molar refractivity (Wildman–Crippen MR) is 92.4 cm³/mol. The fourth-order valence-electron chi connectivity index (χ4n) is 3.05. The second kappa shape index (κ2) is 8.50. The van der Waals surface area contributed by atoms with Gasteiger partial charge in [0, 0.05) is 38.0 Å². The van der Waals surface area contributed by atoms with Crippen LogP contribution in [0.15, 0.2) is 36.9 Å². The third kappa shape index (κ3) is 4.95. The monoisotopic (exact) mass is 344 g/mol. The summed E-state index contributed by atoms with van der Waals surface area (Å²) in [5.41, 5.74) is 0. The van der Waals surface area contributed by atoms with E-state index in [2.05, 4.69) is 10.2 Å². The molecule has 7 nitrogen and oxygen atoms in total. The van der Waals surface area contributed by atoms with Gasteiger partial charge >= 0.3 is 0 Å². The highest BCUT2D eigenvalue weighted by Gasteiger charge is 2.24. The number of benzene rings is 1. The minimum absolute atomic E-state index is 0.180. The molecule has 1 aromatic carbocycles. The summed E-state index contributed by atoms with van der Waals surface area (Å²) in [7, 11) is 1.64. The molecule has 1 aliphatic heterocycles. The van der Waals surface area contributed by atoms with Gasteiger partial charge < -0.3 is 18.9 Å². The van der Waals surface area contributed by atoms with Gasteiger partial charge in [-0.2, -0.15) is 0 Å². The molecule has 0 N–H and O–H groups in total. The van der Waals surface area contributed by atoms with Crippen LogP contribution in [0.2, 0.25) is 0 Å². The molecule has 1 aromatic heterocycles. The van der Waals surface area contributed by atoms with Gasteiger partial charge in [0.2, 0.25) is 5.91 Å². The van der Waals surface area contributed by atoms with Crippen molar-refractivity contribution < 1.29 is 14.3 Å². The number of likely N-dealkylation sites (tertiary alicyclic amines) is 1. The fraction of sp³-hybridized carbons (Fsp3) is 0.500. The molecular weight excluding hydrogens is 320 g/mol. The second-order valence-corrected chi connectivity index (χ2v) is 6.29. The molecule has 3 rings (SSSR count). The van der Waals surface area contributed by atoms with Crippen LogP contribution in [0.3, 0.4) is 0 Å². The number of hydrogen-bond acceptors (Lipinski definition) is 5. The van der Waals surface area contributed by atoms with Gasteiger partial charge in [-0.1, -0.05) is 6.07 Å². The van der Waals surface area contributed by atoms with Crippen molar-refractivity contribution >= 4 is 5.91 Å². The molecule has 7 heteroatoms. The van der Waals surface area contributed by atoms with Crippen LogP contribution >= 0.6 is 0 Å². The van der Waals surface area contributed by atoms with E-state index in [1.807, 2.05) is 33.7 Å². The number of piperidine rings is 1. The minimum atomic E-state index is 0.180. The smallest absolute Gasteiger partial charge is 0.224 e. The van der Waals surface area contributed by atoms with Gasteiger partial charge in [-0.05, 0) is 25.0 Å². The van der Waals surface area contributed by atoms with Gasteiger partial charge in [-0.3, -0.25) is 4.79 Å². The Labute approximate surface area is 147 Å². The number of methoxy groups -OCH3 is 1. The summed E-state index contributed by atoms with van der Waals surface area (Å²) in [6.45, 7) is 2.82. The molecular formula is C18H24N4O3. The van der Waals surface area contributed by atoms with Crippen LogP contribution in [0.1, 0.15) is 19.3 Å². The lowest BCUT2D eigenvalue weighted by Crippen LogP contribution is -2.41. The van der Waals surface area contributed by atoms with Gasteiger partial charge in [-0.25, -0.2) is 0 Å². The number of aromatic nitrogens is 3. The minimum Gasteiger partial charge on any atom is -0.497 e. The van der Waals surface area contributed by atoms with Gasteiger partial charge in [0.1, 0.15) is 24.2 Å². The van der Waals surface area contributed by atoms with Crippen molar-refractivity contribution in [2.75, 3.05) is 26.8 Å². The van der Waals surface area contributed by atoms with E-state index in [1.165, 1.54) is 0 Å². The van der Waals surface area contributed by atoms with E-state index in [9.17, 15) is 4.79 Å². The standard InChI is InChI=1S/C18H24N4O3/c1-24-16-5-2-6-17(10-16)25-12-15-4-3-8-22(11-15)18(23)7-9-21-13-19-20-14-21/h2,5-6,10,13-15H,3-4,7-9,11-12H2,1H3/t15-/m0/s1. The molecule has 1 fully saturated rings. The molecule has 134 valence electrons. The summed E-state index contributed by atoms with van der Waals surface area (Å²) in [5, 5.41) is 7.51. The van der Waals surface area contributed by atoms with E-state index in [-0.39, 0.29) is 5.91 Å². The van der Waals surface area contributed by atoms with Gasteiger partial charge in [0.25, 0.3) is 0 Å². The topological polar surface area (TPSA) is 69.5 Å². The summed E-state index contributed by atoms with van der Waals surface area (Å²) in [5.74, 6) is 2.13. The number of aryl methyl sites for hydroxylation is 1. The van der Waals surface area contributed by atoms with E-state index in [0.29, 0.717) is 25.5 Å². The van der Waals surface area contributed by atoms with Crippen LogP contribution in [0.4, 0.5) is 0 Å². The van der Waals surface area contributed by atoms with Crippen molar-refractivity contribution in [3.63, 3.8) is 0 Å². The summed E-state index contributed by atoms with van der Waals surface area (Å²) in [4.78, 5) is 14.4. The lowest BCUT2D eigenvalue weighted by Gasteiger charge is -2.32. The first-order valence-corrected chi connectivity index (χ1v) is 8.61. The fourth-order valence-corrected chi connectivity index (χ4v) is 3.05. The first-order valence-electron chi connectivity index (χ1n) is 8.61. The molecule has 1 saturated heterocycles. The highest BCUT2D eigenvalue weighted by Crippen LogP contribution is 2.22. The van der Waals surface area contributed by atoms with Crippen LogP contribution in [0, 0.1) is 5.92 Å². The van der Waals surface area contributed by atoms with Crippen LogP contribution in [-0.4, -0.2) is 52.4 Å². The molecule has 0 spiro atoms. The summed E-state index contributed by atoms with van der Waals surface area (Å²) in [6, 6.07) is 7.61. The van der Waals surface area contributed by atoms with E-state index >= 15 is 0 Å².